The molecule has 2 radical (unpaired) electrons. The summed E-state index contributed by atoms with van der Waals surface area (Å²) >= 11 is 24.8. The maximum atomic E-state index is 13.1. The number of carbonyl (C=O) groups is 12. The second kappa shape index (κ2) is 33.6. The zero-order valence-corrected chi connectivity index (χ0v) is 63.2. The molecule has 0 spiro atoms. The quantitative estimate of drug-likeness (QED) is 0.0516. The van der Waals surface area contributed by atoms with Gasteiger partial charge in [0.1, 0.15) is 24.2 Å². The molecule has 0 aliphatic carbocycles. The summed E-state index contributed by atoms with van der Waals surface area (Å²) < 4.78 is 0. The van der Waals surface area contributed by atoms with E-state index in [-0.39, 0.29) is 109 Å². The topological polar surface area (TPSA) is 299 Å². The first-order valence-corrected chi connectivity index (χ1v) is 34.9. The van der Waals surface area contributed by atoms with E-state index in [0.29, 0.717) is 63.2 Å². The molecular weight excluding hydrogens is 1670 g/mol. The van der Waals surface area contributed by atoms with E-state index >= 15 is 0 Å². The van der Waals surface area contributed by atoms with E-state index in [4.69, 9.17) is 46.4 Å². The molecule has 0 bridgehead atoms. The van der Waals surface area contributed by atoms with Gasteiger partial charge in [0, 0.05) is 172 Å². The third-order valence-electron chi connectivity index (χ3n) is 19.0. The Morgan fingerprint density at radius 1 is 0.236 bits per heavy atom. The maximum Gasteiger partial charge on any atom is 0.327 e. The minimum Gasteiger partial charge on any atom is -0.480 e. The molecule has 4 atom stereocenters. The molecule has 4 N–H and O–H groups in total. The van der Waals surface area contributed by atoms with Crippen molar-refractivity contribution in [1.29, 1.82) is 0 Å². The first-order chi connectivity index (χ1) is 51.9. The summed E-state index contributed by atoms with van der Waals surface area (Å²) in [5.74, 6) is -9.90. The SMILES string of the molecule is O=C(O)[C@H](Cc1ccccc1)N1C(=O)c2cccc3c(Cl)ccc(c23)C1=O.O=C(O)[C@H](Cc1ccccc1)N1C(=O)c2cccc3c(Cl)ccc(c23)C1=O.O=C(O)[C@H](Cc1ccccc1)N1C(=O)c2cccc3c(Cl)ccc(c23)C1=O.O=C(O)[C@H](Cc1ccccc1)N1C(=O)c2cccc3c(Cl)ccc(c23)C1=O.[Rh].[Rh]. The smallest absolute Gasteiger partial charge is 0.327 e. The second-order valence-electron chi connectivity index (χ2n) is 25.4. The molecule has 8 amide bonds. The standard InChI is InChI=1S/4C21H14ClNO4.2Rh/c4*22-16-10-9-15-18-13(16)7-4-8-14(18)19(24)23(20(15)25)17(21(26)27)11-12-5-2-1-3-6-12;;/h4*1-10,17H,11H2,(H,26,27);;/t4*17-;;/m0000../s1. The number of imide groups is 4. The molecule has 4 aliphatic heterocycles. The predicted octanol–water partition coefficient (Wildman–Crippen LogP) is 15.1. The van der Waals surface area contributed by atoms with E-state index in [9.17, 15) is 78.0 Å². The number of carbonyl (C=O) groups excluding carboxylic acids is 8. The Balaban J connectivity index is 0.000000145. The van der Waals surface area contributed by atoms with Crippen LogP contribution in [0.2, 0.25) is 20.1 Å². The molecule has 0 fully saturated rings. The Labute approximate surface area is 671 Å². The van der Waals surface area contributed by atoms with Crippen molar-refractivity contribution in [3.63, 3.8) is 0 Å². The Hall–Kier alpha value is -11.5. The number of benzene rings is 12. The molecular formula is C84H56Cl4N4O16Rh2. The summed E-state index contributed by atoms with van der Waals surface area (Å²) in [6.45, 7) is 0. The number of hydrogen-bond donors (Lipinski definition) is 4. The molecule has 0 saturated carbocycles. The number of halogens is 4. The van der Waals surface area contributed by atoms with Crippen LogP contribution in [-0.4, -0.2) is 135 Å². The van der Waals surface area contributed by atoms with Gasteiger partial charge in [-0.05, 0) is 95.1 Å². The van der Waals surface area contributed by atoms with Gasteiger partial charge < -0.3 is 20.4 Å². The number of carboxylic acids is 4. The van der Waals surface area contributed by atoms with Gasteiger partial charge in [-0.1, -0.05) is 216 Å². The van der Waals surface area contributed by atoms with Crippen molar-refractivity contribution in [2.24, 2.45) is 0 Å². The van der Waals surface area contributed by atoms with Gasteiger partial charge in [-0.2, -0.15) is 0 Å². The van der Waals surface area contributed by atoms with Crippen LogP contribution >= 0.6 is 46.4 Å². The zero-order chi connectivity index (χ0) is 76.5. The average Bonchev–Trinajstić information content (AvgIpc) is 0.756. The van der Waals surface area contributed by atoms with Crippen LogP contribution in [0.4, 0.5) is 0 Å². The van der Waals surface area contributed by atoms with Crippen molar-refractivity contribution in [3.05, 3.63) is 330 Å². The van der Waals surface area contributed by atoms with Gasteiger partial charge in [-0.25, -0.2) is 19.2 Å². The third kappa shape index (κ3) is 15.2. The van der Waals surface area contributed by atoms with Crippen LogP contribution in [0.3, 0.4) is 0 Å². The molecule has 0 unspecified atom stereocenters. The third-order valence-corrected chi connectivity index (χ3v) is 20.3. The van der Waals surface area contributed by atoms with E-state index in [2.05, 4.69) is 0 Å². The van der Waals surface area contributed by atoms with Crippen LogP contribution in [-0.2, 0) is 83.8 Å². The van der Waals surface area contributed by atoms with Gasteiger partial charge in [0.2, 0.25) is 0 Å². The fraction of sp³-hybridized carbons (Fsp3) is 0.0952. The fourth-order valence-corrected chi connectivity index (χ4v) is 14.8. The molecule has 4 aliphatic rings. The number of amides is 8. The Morgan fingerprint density at radius 2 is 0.400 bits per heavy atom. The molecule has 20 nitrogen and oxygen atoms in total. The monoisotopic (exact) mass is 1720 g/mol. The number of nitrogens with zero attached hydrogens (tertiary/aromatic N) is 4. The summed E-state index contributed by atoms with van der Waals surface area (Å²) in [5, 5.41) is 45.0. The predicted molar refractivity (Wildman–Crippen MR) is 404 cm³/mol. The molecule has 0 aromatic heterocycles. The van der Waals surface area contributed by atoms with Gasteiger partial charge in [-0.3, -0.25) is 58.0 Å². The molecule has 12 aromatic rings. The van der Waals surface area contributed by atoms with Crippen LogP contribution in [0.25, 0.3) is 43.1 Å². The minimum atomic E-state index is -1.30. The molecule has 554 valence electrons. The van der Waals surface area contributed by atoms with Crippen molar-refractivity contribution in [3.8, 4) is 0 Å². The first kappa shape index (κ1) is 79.6. The Bertz CT molecular complexity index is 5010. The van der Waals surface area contributed by atoms with E-state index in [1.165, 1.54) is 24.3 Å². The summed E-state index contributed by atoms with van der Waals surface area (Å²) in [5.41, 5.74) is 5.16. The van der Waals surface area contributed by atoms with Crippen LogP contribution < -0.4 is 0 Å². The molecule has 110 heavy (non-hydrogen) atoms. The fourth-order valence-electron chi connectivity index (χ4n) is 14.0. The molecule has 26 heteroatoms. The minimum absolute atomic E-state index is 0. The van der Waals surface area contributed by atoms with E-state index in [1.54, 1.807) is 194 Å². The van der Waals surface area contributed by atoms with E-state index < -0.39 is 95.3 Å². The summed E-state index contributed by atoms with van der Waals surface area (Å²) in [4.78, 5) is 156. The first-order valence-electron chi connectivity index (χ1n) is 33.4. The molecule has 16 rings (SSSR count). The normalized spacial score (nSPS) is 14.2. The maximum absolute atomic E-state index is 13.1. The summed E-state index contributed by atoms with van der Waals surface area (Å²) in [6, 6.07) is 63.0. The van der Waals surface area contributed by atoms with Gasteiger partial charge in [0.05, 0.1) is 0 Å². The average molecular weight is 1730 g/mol. The summed E-state index contributed by atoms with van der Waals surface area (Å²) in [7, 11) is 0. The number of hydrogen-bond acceptors (Lipinski definition) is 12. The van der Waals surface area contributed by atoms with Crippen molar-refractivity contribution >= 4 is 161 Å². The van der Waals surface area contributed by atoms with Crippen LogP contribution in [0.15, 0.2) is 243 Å². The largest absolute Gasteiger partial charge is 0.480 e. The molecule has 0 saturated heterocycles. The number of carboxylic acid groups (broad SMARTS) is 4. The van der Waals surface area contributed by atoms with Gasteiger partial charge in [0.25, 0.3) is 47.3 Å². The van der Waals surface area contributed by atoms with Crippen molar-refractivity contribution in [2.75, 3.05) is 0 Å². The van der Waals surface area contributed by atoms with Crippen LogP contribution in [0.1, 0.15) is 105 Å². The van der Waals surface area contributed by atoms with Crippen LogP contribution in [0, 0.1) is 0 Å². The Kier molecular flexibility index (Phi) is 24.3. The molecule has 12 aromatic carbocycles. The van der Waals surface area contributed by atoms with Crippen molar-refractivity contribution in [2.45, 2.75) is 49.9 Å². The number of aliphatic carboxylic acids is 4. The van der Waals surface area contributed by atoms with Gasteiger partial charge in [-0.15, -0.1) is 0 Å². The summed E-state index contributed by atoms with van der Waals surface area (Å²) in [6.07, 6.45) is 0.137. The van der Waals surface area contributed by atoms with Gasteiger partial charge >= 0.3 is 23.9 Å². The zero-order valence-electron chi connectivity index (χ0n) is 56.9. The molecule has 4 heterocycles. The van der Waals surface area contributed by atoms with Crippen LogP contribution in [0.5, 0.6) is 0 Å². The van der Waals surface area contributed by atoms with Crippen molar-refractivity contribution in [1.82, 2.24) is 19.6 Å². The van der Waals surface area contributed by atoms with Gasteiger partial charge in [0.15, 0.2) is 0 Å². The van der Waals surface area contributed by atoms with Crippen molar-refractivity contribution < 1.29 is 117 Å². The van der Waals surface area contributed by atoms with E-state index in [0.717, 1.165) is 41.9 Å². The number of rotatable bonds is 16. The van der Waals surface area contributed by atoms with E-state index in [1.807, 2.05) is 24.3 Å². The Morgan fingerprint density at radius 3 is 0.564 bits per heavy atom. The second-order valence-corrected chi connectivity index (χ2v) is 27.0.